The molecule has 0 bridgehead atoms. The fourth-order valence-electron chi connectivity index (χ4n) is 1.20. The Labute approximate surface area is 93.9 Å². The lowest BCUT2D eigenvalue weighted by molar-refractivity contribution is 0.118. The van der Waals surface area contributed by atoms with E-state index in [2.05, 4.69) is 7.80 Å². The van der Waals surface area contributed by atoms with Crippen LogP contribution in [0.1, 0.15) is 45.4 Å². The topological polar surface area (TPSA) is 35.5 Å². The van der Waals surface area contributed by atoms with Gasteiger partial charge in [0.2, 0.25) is 0 Å². The quantitative estimate of drug-likeness (QED) is 0.545. The Bertz CT molecular complexity index is 113. The van der Waals surface area contributed by atoms with E-state index >= 15 is 0 Å². The van der Waals surface area contributed by atoms with Crippen molar-refractivity contribution in [3.63, 3.8) is 0 Å². The van der Waals surface area contributed by atoms with Crippen molar-refractivity contribution in [1.29, 1.82) is 0 Å². The van der Waals surface area contributed by atoms with E-state index in [1.807, 2.05) is 0 Å². The molecular weight excluding hydrogens is 283 g/mol. The molecule has 0 saturated heterocycles. The summed E-state index contributed by atoms with van der Waals surface area (Å²) in [5.74, 6) is 0. The van der Waals surface area contributed by atoms with Crippen LogP contribution < -0.4 is 0 Å². The zero-order valence-electron chi connectivity index (χ0n) is 8.05. The van der Waals surface area contributed by atoms with Gasteiger partial charge in [-0.25, -0.2) is 4.79 Å². The minimum absolute atomic E-state index is 0.363. The lowest BCUT2D eigenvalue weighted by Crippen LogP contribution is -1.98. The molecule has 0 spiro atoms. The molecule has 0 heterocycles. The third kappa shape index (κ3) is 9.92. The summed E-state index contributed by atoms with van der Waals surface area (Å²) in [6.07, 6.45) is 8.36. The van der Waals surface area contributed by atoms with Crippen molar-refractivity contribution in [2.24, 2.45) is 0 Å². The molecule has 0 aliphatic heterocycles. The summed E-state index contributed by atoms with van der Waals surface area (Å²) in [5.41, 5.74) is 0. The van der Waals surface area contributed by atoms with Crippen molar-refractivity contribution in [2.75, 3.05) is 6.61 Å². The maximum atomic E-state index is 9.96. The van der Waals surface area contributed by atoms with Gasteiger partial charge in [-0.3, -0.25) is 0 Å². The van der Waals surface area contributed by atoms with Gasteiger partial charge >= 0.3 is 6.16 Å². The first-order chi connectivity index (χ1) is 6.31. The lowest BCUT2D eigenvalue weighted by atomic mass is 10.0. The molecule has 1 fully saturated rings. The number of halogens is 1. The first-order valence-electron chi connectivity index (χ1n) is 4.76. The maximum absolute atomic E-state index is 9.96. The fourth-order valence-corrected chi connectivity index (χ4v) is 1.33. The molecule has 1 rings (SSSR count). The predicted octanol–water partition coefficient (Wildman–Crippen LogP) is 3.85. The number of carbonyl (C=O) groups is 1. The van der Waals surface area contributed by atoms with Gasteiger partial charge in [0.05, 0.1) is 6.61 Å². The second-order valence-electron chi connectivity index (χ2n) is 2.88. The minimum atomic E-state index is -0.636. The van der Waals surface area contributed by atoms with Crippen molar-refractivity contribution in [2.45, 2.75) is 45.4 Å². The van der Waals surface area contributed by atoms with Gasteiger partial charge in [0.25, 0.3) is 0 Å². The van der Waals surface area contributed by atoms with Crippen LogP contribution in [-0.4, -0.2) is 12.8 Å². The Kier molecular flexibility index (Phi) is 10.1. The van der Waals surface area contributed by atoms with Gasteiger partial charge in [-0.1, -0.05) is 38.5 Å². The Morgan fingerprint density at radius 2 is 1.54 bits per heavy atom. The van der Waals surface area contributed by atoms with E-state index in [0.29, 0.717) is 6.61 Å². The van der Waals surface area contributed by atoms with Crippen molar-refractivity contribution < 1.29 is 12.6 Å². The molecule has 13 heavy (non-hydrogen) atoms. The van der Waals surface area contributed by atoms with Crippen LogP contribution in [0, 0.1) is 0 Å². The average molecular weight is 300 g/mol. The van der Waals surface area contributed by atoms with E-state index in [1.54, 1.807) is 6.92 Å². The number of carbonyl (C=O) groups excluding carboxylic acids is 1. The van der Waals surface area contributed by atoms with Gasteiger partial charge < -0.3 is 7.80 Å². The van der Waals surface area contributed by atoms with Crippen molar-refractivity contribution >= 4 is 29.2 Å². The summed E-state index contributed by atoms with van der Waals surface area (Å²) in [7, 11) is 0. The molecule has 0 atom stereocenters. The van der Waals surface area contributed by atoms with Crippen molar-refractivity contribution in [3.05, 3.63) is 0 Å². The Hall–Kier alpha value is 0. The molecule has 1 saturated carbocycles. The molecule has 0 N–H and O–H groups in total. The molecule has 1 aliphatic rings. The Balaban J connectivity index is 0.000000223. The average Bonchev–Trinajstić information content (AvgIpc) is 2.22. The predicted molar refractivity (Wildman–Crippen MR) is 59.8 cm³/mol. The smallest absolute Gasteiger partial charge is 0.434 e. The van der Waals surface area contributed by atoms with Crippen LogP contribution in [-0.2, 0) is 7.80 Å². The van der Waals surface area contributed by atoms with Crippen LogP contribution in [0.4, 0.5) is 4.79 Å². The van der Waals surface area contributed by atoms with Gasteiger partial charge in [0, 0.05) is 0 Å². The molecule has 4 heteroatoms. The zero-order chi connectivity index (χ0) is 9.94. The number of hydrogen-bond acceptors (Lipinski definition) is 3. The number of rotatable bonds is 1. The molecule has 78 valence electrons. The normalized spacial score (nSPS) is 15.2. The van der Waals surface area contributed by atoms with Crippen molar-refractivity contribution in [1.82, 2.24) is 0 Å². The molecule has 0 radical (unpaired) electrons. The number of hydrogen-bond donors (Lipinski definition) is 0. The summed E-state index contributed by atoms with van der Waals surface area (Å²) >= 11 is 1.46. The van der Waals surface area contributed by atoms with Crippen LogP contribution in [0.2, 0.25) is 0 Å². The van der Waals surface area contributed by atoms with E-state index in [1.165, 1.54) is 61.5 Å². The lowest BCUT2D eigenvalue weighted by Gasteiger charge is -2.05. The van der Waals surface area contributed by atoms with E-state index in [4.69, 9.17) is 0 Å². The van der Waals surface area contributed by atoms with Crippen LogP contribution in [0.25, 0.3) is 0 Å². The van der Waals surface area contributed by atoms with E-state index in [-0.39, 0.29) is 0 Å². The molecule has 0 amide bonds. The summed E-state index contributed by atoms with van der Waals surface area (Å²) in [6, 6.07) is 0. The first-order valence-corrected chi connectivity index (χ1v) is 5.64. The standard InChI is InChI=1S/C6H12.C3H5IO3/c1-2-4-6-5-3-1;1-2-6-3(5)7-4/h1-6H2;2H2,1H3. The monoisotopic (exact) mass is 300 g/mol. The highest BCUT2D eigenvalue weighted by atomic mass is 127. The second kappa shape index (κ2) is 10.1. The molecule has 3 nitrogen and oxygen atoms in total. The molecule has 0 aromatic heterocycles. The third-order valence-electron chi connectivity index (χ3n) is 1.83. The van der Waals surface area contributed by atoms with E-state index in [9.17, 15) is 4.79 Å². The highest BCUT2D eigenvalue weighted by Crippen LogP contribution is 2.15. The first kappa shape index (κ1) is 13.0. The third-order valence-corrected chi connectivity index (χ3v) is 2.18. The highest BCUT2D eigenvalue weighted by molar-refractivity contribution is 14.1. The highest BCUT2D eigenvalue weighted by Gasteiger charge is 1.95. The molecule has 0 aromatic carbocycles. The van der Waals surface area contributed by atoms with Gasteiger partial charge in [-0.05, 0) is 6.92 Å². The van der Waals surface area contributed by atoms with E-state index < -0.39 is 6.16 Å². The SMILES string of the molecule is C1CCCCC1.CCOC(=O)OI. The van der Waals surface area contributed by atoms with Crippen LogP contribution >= 0.6 is 23.0 Å². The van der Waals surface area contributed by atoms with Crippen molar-refractivity contribution in [3.8, 4) is 0 Å². The van der Waals surface area contributed by atoms with Gasteiger partial charge in [0.15, 0.2) is 23.0 Å². The maximum Gasteiger partial charge on any atom is 0.517 e. The summed E-state index contributed by atoms with van der Waals surface area (Å²) in [6.45, 7) is 2.08. The number of ether oxygens (including phenoxy) is 1. The molecular formula is C9H17IO3. The minimum Gasteiger partial charge on any atom is -0.434 e. The molecule has 1 aliphatic carbocycles. The summed E-state index contributed by atoms with van der Waals surface area (Å²) in [5, 5.41) is 0. The Morgan fingerprint density at radius 1 is 1.15 bits per heavy atom. The van der Waals surface area contributed by atoms with Crippen LogP contribution in [0.5, 0.6) is 0 Å². The second-order valence-corrected chi connectivity index (χ2v) is 3.32. The largest absolute Gasteiger partial charge is 0.517 e. The van der Waals surface area contributed by atoms with E-state index in [0.717, 1.165) is 0 Å². The van der Waals surface area contributed by atoms with Gasteiger partial charge in [-0.2, -0.15) is 0 Å². The van der Waals surface area contributed by atoms with Crippen LogP contribution in [0.3, 0.4) is 0 Å². The van der Waals surface area contributed by atoms with Gasteiger partial charge in [-0.15, -0.1) is 0 Å². The summed E-state index contributed by atoms with van der Waals surface area (Å²) < 4.78 is 8.42. The molecule has 0 unspecified atom stereocenters. The Morgan fingerprint density at radius 3 is 1.69 bits per heavy atom. The zero-order valence-corrected chi connectivity index (χ0v) is 10.2. The van der Waals surface area contributed by atoms with Crippen LogP contribution in [0.15, 0.2) is 0 Å². The van der Waals surface area contributed by atoms with Gasteiger partial charge in [0.1, 0.15) is 0 Å². The fraction of sp³-hybridized carbons (Fsp3) is 0.889. The molecule has 0 aromatic rings. The summed E-state index contributed by atoms with van der Waals surface area (Å²) in [4.78, 5) is 9.96.